The number of methoxy groups -OCH3 is 1. The smallest absolute Gasteiger partial charge is 0.174 e. The fraction of sp³-hybridized carbons (Fsp3) is 0.290. The summed E-state index contributed by atoms with van der Waals surface area (Å²) in [7, 11) is 1.64. The van der Waals surface area contributed by atoms with Gasteiger partial charge < -0.3 is 24.3 Å². The van der Waals surface area contributed by atoms with Gasteiger partial charge in [-0.2, -0.15) is 0 Å². The molecule has 1 fully saturated rings. The van der Waals surface area contributed by atoms with Crippen LogP contribution in [0.25, 0.3) is 5.69 Å². The summed E-state index contributed by atoms with van der Waals surface area (Å²) in [6.45, 7) is 9.58. The summed E-state index contributed by atoms with van der Waals surface area (Å²) in [6.07, 6.45) is 1.82. The third-order valence-electron chi connectivity index (χ3n) is 7.29. The Bertz CT molecular complexity index is 1480. The molecule has 0 saturated carbocycles. The highest BCUT2D eigenvalue weighted by Crippen LogP contribution is 2.45. The average Bonchev–Trinajstić information content (AvgIpc) is 3.41. The van der Waals surface area contributed by atoms with E-state index in [9.17, 15) is 0 Å². The van der Waals surface area contributed by atoms with Crippen LogP contribution in [0.4, 0.5) is 5.69 Å². The van der Waals surface area contributed by atoms with Crippen molar-refractivity contribution >= 4 is 34.6 Å². The van der Waals surface area contributed by atoms with Crippen LogP contribution >= 0.6 is 23.8 Å². The second-order valence-electron chi connectivity index (χ2n) is 9.85. The van der Waals surface area contributed by atoms with Crippen molar-refractivity contribution in [1.82, 2.24) is 14.9 Å². The Labute approximate surface area is 240 Å². The fourth-order valence-corrected chi connectivity index (χ4v) is 6.11. The van der Waals surface area contributed by atoms with Crippen molar-refractivity contribution in [2.75, 3.05) is 25.2 Å². The molecule has 0 bridgehead atoms. The number of anilines is 1. The number of thiocarbonyl (C=S) groups is 1. The van der Waals surface area contributed by atoms with Crippen molar-refractivity contribution in [2.24, 2.45) is 0 Å². The first-order valence-electron chi connectivity index (χ1n) is 13.0. The van der Waals surface area contributed by atoms with Gasteiger partial charge >= 0.3 is 0 Å². The number of para-hydroxylation sites is 1. The third kappa shape index (κ3) is 5.14. The minimum atomic E-state index is -0.151. The van der Waals surface area contributed by atoms with E-state index < -0.39 is 0 Å². The molecule has 1 saturated heterocycles. The van der Waals surface area contributed by atoms with Gasteiger partial charge in [-0.3, -0.25) is 4.98 Å². The van der Waals surface area contributed by atoms with E-state index >= 15 is 0 Å². The second kappa shape index (κ2) is 11.4. The molecule has 1 N–H and O–H groups in total. The molecular weight excluding hydrogens is 528 g/mol. The van der Waals surface area contributed by atoms with Gasteiger partial charge in [0.2, 0.25) is 0 Å². The van der Waals surface area contributed by atoms with E-state index in [1.54, 1.807) is 7.11 Å². The van der Waals surface area contributed by atoms with E-state index in [0.717, 1.165) is 22.8 Å². The summed E-state index contributed by atoms with van der Waals surface area (Å²) in [5, 5.41) is 4.70. The lowest BCUT2D eigenvalue weighted by molar-refractivity contribution is 0.146. The maximum atomic E-state index is 6.68. The lowest BCUT2D eigenvalue weighted by atomic mass is 9.96. The number of pyridine rings is 1. The number of halogens is 1. The highest BCUT2D eigenvalue weighted by atomic mass is 35.5. The number of ether oxygens (including phenoxy) is 2. The fourth-order valence-electron chi connectivity index (χ4n) is 5.53. The van der Waals surface area contributed by atoms with Crippen LogP contribution in [0, 0.1) is 27.7 Å². The Morgan fingerprint density at radius 2 is 1.74 bits per heavy atom. The van der Waals surface area contributed by atoms with Crippen LogP contribution in [0.3, 0.4) is 0 Å². The van der Waals surface area contributed by atoms with Gasteiger partial charge in [0.1, 0.15) is 12.4 Å². The van der Waals surface area contributed by atoms with Crippen molar-refractivity contribution in [3.63, 3.8) is 0 Å². The van der Waals surface area contributed by atoms with Crippen LogP contribution in [0.2, 0.25) is 5.02 Å². The molecule has 0 aliphatic carbocycles. The predicted octanol–water partition coefficient (Wildman–Crippen LogP) is 6.96. The number of aryl methyl sites for hydroxylation is 3. The molecule has 2 atom stereocenters. The van der Waals surface area contributed by atoms with Crippen LogP contribution < -0.4 is 15.0 Å². The van der Waals surface area contributed by atoms with E-state index in [-0.39, 0.29) is 12.1 Å². The molecule has 0 radical (unpaired) electrons. The zero-order valence-electron chi connectivity index (χ0n) is 22.9. The van der Waals surface area contributed by atoms with Gasteiger partial charge in [0.05, 0.1) is 35.1 Å². The zero-order valence-corrected chi connectivity index (χ0v) is 24.4. The topological polar surface area (TPSA) is 51.6 Å². The molecule has 2 unspecified atom stereocenters. The minimum Gasteiger partial charge on any atom is -0.490 e. The van der Waals surface area contributed by atoms with Crippen LogP contribution in [-0.4, -0.2) is 35.0 Å². The Hall–Kier alpha value is -3.39. The lowest BCUT2D eigenvalue weighted by Gasteiger charge is -2.28. The summed E-state index contributed by atoms with van der Waals surface area (Å²) in [5.74, 6) is 0.613. The van der Waals surface area contributed by atoms with Crippen molar-refractivity contribution in [2.45, 2.75) is 39.8 Å². The number of benzene rings is 2. The van der Waals surface area contributed by atoms with Gasteiger partial charge in [-0.25, -0.2) is 0 Å². The SMILES string of the molecule is COCCOc1ccc(N2C(=S)NC(c3ccccn3)C2c2cc(C)n(-c3c(C)cccc3C)c2C)cc1Cl. The first-order valence-corrected chi connectivity index (χ1v) is 13.8. The van der Waals surface area contributed by atoms with Crippen LogP contribution in [0.5, 0.6) is 5.75 Å². The molecule has 3 heterocycles. The standard InChI is InChI=1S/C31H33ClN4O2S/c1-19-9-8-10-20(2)29(19)35-21(3)17-24(22(35)4)30-28(26-11-6-7-14-33-26)34-31(39)36(30)23-12-13-27(25(32)18-23)38-16-15-37-5/h6-14,17-18,28,30H,15-16H2,1-5H3,(H,34,39). The van der Waals surface area contributed by atoms with Crippen molar-refractivity contribution in [3.8, 4) is 11.4 Å². The van der Waals surface area contributed by atoms with Gasteiger partial charge in [-0.15, -0.1) is 0 Å². The Morgan fingerprint density at radius 1 is 0.974 bits per heavy atom. The summed E-state index contributed by atoms with van der Waals surface area (Å²) in [5.41, 5.74) is 9.00. The number of nitrogens with one attached hydrogen (secondary N) is 1. The summed E-state index contributed by atoms with van der Waals surface area (Å²) >= 11 is 12.6. The molecule has 1 aliphatic heterocycles. The normalized spacial score (nSPS) is 17.0. The number of aromatic nitrogens is 2. The number of nitrogens with zero attached hydrogens (tertiary/aromatic N) is 3. The molecule has 1 aliphatic rings. The molecule has 39 heavy (non-hydrogen) atoms. The second-order valence-corrected chi connectivity index (χ2v) is 10.6. The molecule has 8 heteroatoms. The predicted molar refractivity (Wildman–Crippen MR) is 161 cm³/mol. The van der Waals surface area contributed by atoms with E-state index in [1.807, 2.05) is 42.6 Å². The molecule has 2 aromatic carbocycles. The molecule has 0 spiro atoms. The molecule has 202 valence electrons. The minimum absolute atomic E-state index is 0.145. The molecule has 6 nitrogen and oxygen atoms in total. The quantitative estimate of drug-likeness (QED) is 0.186. The monoisotopic (exact) mass is 560 g/mol. The Balaban J connectivity index is 1.63. The summed E-state index contributed by atoms with van der Waals surface area (Å²) < 4.78 is 13.3. The highest BCUT2D eigenvalue weighted by Gasteiger charge is 2.42. The first-order chi connectivity index (χ1) is 18.8. The van der Waals surface area contributed by atoms with E-state index in [4.69, 9.17) is 38.3 Å². The highest BCUT2D eigenvalue weighted by molar-refractivity contribution is 7.80. The van der Waals surface area contributed by atoms with Gasteiger partial charge in [0.25, 0.3) is 0 Å². The van der Waals surface area contributed by atoms with Crippen LogP contribution in [0.15, 0.2) is 66.9 Å². The Kier molecular flexibility index (Phi) is 7.93. The van der Waals surface area contributed by atoms with Gasteiger partial charge in [0.15, 0.2) is 5.11 Å². The van der Waals surface area contributed by atoms with E-state index in [0.29, 0.717) is 29.1 Å². The van der Waals surface area contributed by atoms with Crippen molar-refractivity contribution < 1.29 is 9.47 Å². The van der Waals surface area contributed by atoms with Gasteiger partial charge in [0, 0.05) is 30.4 Å². The van der Waals surface area contributed by atoms with Crippen molar-refractivity contribution in [1.29, 1.82) is 0 Å². The van der Waals surface area contributed by atoms with E-state index in [2.05, 4.69) is 66.7 Å². The van der Waals surface area contributed by atoms with E-state index in [1.165, 1.54) is 22.4 Å². The third-order valence-corrected chi connectivity index (χ3v) is 7.90. The zero-order chi connectivity index (χ0) is 27.7. The number of hydrogen-bond acceptors (Lipinski definition) is 4. The largest absolute Gasteiger partial charge is 0.490 e. The molecule has 4 aromatic rings. The van der Waals surface area contributed by atoms with Gasteiger partial charge in [-0.1, -0.05) is 35.9 Å². The molecule has 5 rings (SSSR count). The molecule has 2 aromatic heterocycles. The maximum absolute atomic E-state index is 6.68. The average molecular weight is 561 g/mol. The van der Waals surface area contributed by atoms with Crippen molar-refractivity contribution in [3.05, 3.63) is 106 Å². The molecular formula is C31H33ClN4O2S. The maximum Gasteiger partial charge on any atom is 0.174 e. The molecule has 0 amide bonds. The summed E-state index contributed by atoms with van der Waals surface area (Å²) in [6, 6.07) is 20.2. The van der Waals surface area contributed by atoms with Crippen LogP contribution in [0.1, 0.15) is 45.9 Å². The van der Waals surface area contributed by atoms with Crippen LogP contribution in [-0.2, 0) is 4.74 Å². The van der Waals surface area contributed by atoms with Gasteiger partial charge in [-0.05, 0) is 93.0 Å². The summed E-state index contributed by atoms with van der Waals surface area (Å²) in [4.78, 5) is 6.85. The number of hydrogen-bond donors (Lipinski definition) is 1. The first kappa shape index (κ1) is 27.2. The Morgan fingerprint density at radius 3 is 2.41 bits per heavy atom. The lowest BCUT2D eigenvalue weighted by Crippen LogP contribution is -2.29. The number of rotatable bonds is 8.